The quantitative estimate of drug-likeness (QED) is 0.212. The molecule has 0 heterocycles. The highest BCUT2D eigenvalue weighted by Gasteiger charge is 2.34. The zero-order chi connectivity index (χ0) is 32.6. The summed E-state index contributed by atoms with van der Waals surface area (Å²) in [5.41, 5.74) is 2.72. The standard InChI is InChI=1S/C34H36ClN3O6S/c1-24-13-15-28(16-14-24)38(45(41,42)29-17-18-31(43-3)32(21-29)44-4)23-33(39)37(22-26-11-8-12-27(35)19-26)30(34(40)36-2)20-25-9-6-5-7-10-25/h5-19,21,30H,20,22-23H2,1-4H3,(H,36,40)/t30-/m1/s1. The zero-order valence-corrected chi connectivity index (χ0v) is 27.1. The summed E-state index contributed by atoms with van der Waals surface area (Å²) in [6.07, 6.45) is 0.208. The number of carbonyl (C=O) groups excluding carboxylic acids is 2. The molecule has 0 saturated heterocycles. The number of sulfonamides is 1. The van der Waals surface area contributed by atoms with E-state index in [4.69, 9.17) is 21.1 Å². The number of rotatable bonds is 13. The van der Waals surface area contributed by atoms with Gasteiger partial charge >= 0.3 is 0 Å². The average molecular weight is 650 g/mol. The molecule has 0 unspecified atom stereocenters. The molecule has 4 aromatic rings. The molecule has 0 spiro atoms. The van der Waals surface area contributed by atoms with Gasteiger partial charge in [0.25, 0.3) is 10.0 Å². The van der Waals surface area contributed by atoms with Gasteiger partial charge in [-0.25, -0.2) is 8.42 Å². The van der Waals surface area contributed by atoms with Crippen molar-refractivity contribution in [3.63, 3.8) is 0 Å². The number of halogens is 1. The third-order valence-corrected chi connectivity index (χ3v) is 9.31. The minimum atomic E-state index is -4.31. The fourth-order valence-electron chi connectivity index (χ4n) is 4.90. The van der Waals surface area contributed by atoms with Crippen molar-refractivity contribution in [3.05, 3.63) is 119 Å². The Hall–Kier alpha value is -4.54. The highest BCUT2D eigenvalue weighted by atomic mass is 35.5. The summed E-state index contributed by atoms with van der Waals surface area (Å²) < 4.78 is 40.2. The van der Waals surface area contributed by atoms with Crippen LogP contribution in [0, 0.1) is 6.92 Å². The van der Waals surface area contributed by atoms with Gasteiger partial charge in [0, 0.05) is 31.1 Å². The van der Waals surface area contributed by atoms with Crippen LogP contribution >= 0.6 is 11.6 Å². The van der Waals surface area contributed by atoms with E-state index < -0.39 is 28.5 Å². The van der Waals surface area contributed by atoms with E-state index in [0.29, 0.717) is 16.3 Å². The van der Waals surface area contributed by atoms with Gasteiger partial charge in [-0.05, 0) is 54.4 Å². The van der Waals surface area contributed by atoms with Gasteiger partial charge in [0.15, 0.2) is 11.5 Å². The Kier molecular flexibility index (Phi) is 11.1. The molecule has 0 aliphatic rings. The van der Waals surface area contributed by atoms with Crippen LogP contribution in [-0.4, -0.2) is 59.0 Å². The van der Waals surface area contributed by atoms with E-state index in [9.17, 15) is 18.0 Å². The van der Waals surface area contributed by atoms with Crippen molar-refractivity contribution in [1.82, 2.24) is 10.2 Å². The van der Waals surface area contributed by atoms with Crippen LogP contribution in [0.4, 0.5) is 5.69 Å². The predicted molar refractivity (Wildman–Crippen MR) is 175 cm³/mol. The lowest BCUT2D eigenvalue weighted by atomic mass is 10.0. The molecule has 236 valence electrons. The van der Waals surface area contributed by atoms with Gasteiger partial charge in [0.1, 0.15) is 12.6 Å². The Morgan fingerprint density at radius 1 is 0.844 bits per heavy atom. The van der Waals surface area contributed by atoms with Crippen molar-refractivity contribution in [2.24, 2.45) is 0 Å². The minimum Gasteiger partial charge on any atom is -0.493 e. The van der Waals surface area contributed by atoms with Crippen LogP contribution in [0.1, 0.15) is 16.7 Å². The number of aryl methyl sites for hydroxylation is 1. The van der Waals surface area contributed by atoms with Gasteiger partial charge in [0.05, 0.1) is 24.8 Å². The highest BCUT2D eigenvalue weighted by Crippen LogP contribution is 2.32. The summed E-state index contributed by atoms with van der Waals surface area (Å²) in [5, 5.41) is 3.14. The van der Waals surface area contributed by atoms with E-state index in [0.717, 1.165) is 15.4 Å². The van der Waals surface area contributed by atoms with Crippen molar-refractivity contribution >= 4 is 39.1 Å². The number of methoxy groups -OCH3 is 2. The molecule has 0 aliphatic carbocycles. The number of anilines is 1. The van der Waals surface area contributed by atoms with Crippen molar-refractivity contribution in [1.29, 1.82) is 0 Å². The van der Waals surface area contributed by atoms with E-state index in [2.05, 4.69) is 5.32 Å². The number of nitrogens with zero attached hydrogens (tertiary/aromatic N) is 2. The number of hydrogen-bond acceptors (Lipinski definition) is 6. The number of amides is 2. The Morgan fingerprint density at radius 3 is 2.13 bits per heavy atom. The summed E-state index contributed by atoms with van der Waals surface area (Å²) in [6.45, 7) is 1.32. The van der Waals surface area contributed by atoms with E-state index >= 15 is 0 Å². The molecule has 45 heavy (non-hydrogen) atoms. The summed E-state index contributed by atoms with van der Waals surface area (Å²) in [5.74, 6) is -0.390. The van der Waals surface area contributed by atoms with Crippen LogP contribution in [0.5, 0.6) is 11.5 Å². The molecule has 1 atom stereocenters. The average Bonchev–Trinajstić information content (AvgIpc) is 3.05. The topological polar surface area (TPSA) is 105 Å². The SMILES string of the molecule is CNC(=O)[C@@H](Cc1ccccc1)N(Cc1cccc(Cl)c1)C(=O)CN(c1ccc(C)cc1)S(=O)(=O)c1ccc(OC)c(OC)c1. The van der Waals surface area contributed by atoms with E-state index in [-0.39, 0.29) is 35.2 Å². The first-order chi connectivity index (χ1) is 21.6. The summed E-state index contributed by atoms with van der Waals surface area (Å²) in [6, 6.07) is 26.4. The van der Waals surface area contributed by atoms with Crippen molar-refractivity contribution < 1.29 is 27.5 Å². The number of carbonyl (C=O) groups is 2. The first-order valence-corrected chi connectivity index (χ1v) is 16.0. The molecular formula is C34H36ClN3O6S. The maximum atomic E-state index is 14.4. The maximum Gasteiger partial charge on any atom is 0.264 e. The minimum absolute atomic E-state index is 0.0163. The van der Waals surface area contributed by atoms with Gasteiger partial charge in [-0.3, -0.25) is 13.9 Å². The molecule has 11 heteroatoms. The molecule has 0 radical (unpaired) electrons. The van der Waals surface area contributed by atoms with Crippen LogP contribution in [0.25, 0.3) is 0 Å². The van der Waals surface area contributed by atoms with E-state index in [1.807, 2.05) is 37.3 Å². The van der Waals surface area contributed by atoms with E-state index in [1.165, 1.54) is 44.4 Å². The Labute approximate surface area is 269 Å². The fourth-order valence-corrected chi connectivity index (χ4v) is 6.54. The predicted octanol–water partition coefficient (Wildman–Crippen LogP) is 5.25. The summed E-state index contributed by atoms with van der Waals surface area (Å²) in [7, 11) is 0.0541. The van der Waals surface area contributed by atoms with Gasteiger partial charge in [-0.2, -0.15) is 0 Å². The molecule has 0 fully saturated rings. The molecule has 9 nitrogen and oxygen atoms in total. The summed E-state index contributed by atoms with van der Waals surface area (Å²) in [4.78, 5) is 29.1. The molecule has 4 rings (SSSR count). The lowest BCUT2D eigenvalue weighted by Crippen LogP contribution is -2.53. The fraction of sp³-hybridized carbons (Fsp3) is 0.235. The Balaban J connectivity index is 1.81. The molecule has 2 amide bonds. The second kappa shape index (κ2) is 15.0. The molecule has 0 aliphatic heterocycles. The largest absolute Gasteiger partial charge is 0.493 e. The molecule has 0 aromatic heterocycles. The third-order valence-electron chi connectivity index (χ3n) is 7.30. The highest BCUT2D eigenvalue weighted by molar-refractivity contribution is 7.92. The third kappa shape index (κ3) is 8.14. The molecule has 4 aromatic carbocycles. The summed E-state index contributed by atoms with van der Waals surface area (Å²) >= 11 is 6.27. The number of ether oxygens (including phenoxy) is 2. The second-order valence-corrected chi connectivity index (χ2v) is 12.6. The number of benzene rings is 4. The van der Waals surface area contributed by atoms with Crippen LogP contribution < -0.4 is 19.1 Å². The normalized spacial score (nSPS) is 11.8. The zero-order valence-electron chi connectivity index (χ0n) is 25.6. The Morgan fingerprint density at radius 2 is 1.51 bits per heavy atom. The van der Waals surface area contributed by atoms with Crippen LogP contribution in [0.3, 0.4) is 0 Å². The number of hydrogen-bond donors (Lipinski definition) is 1. The van der Waals surface area contributed by atoms with Gasteiger partial charge in [-0.15, -0.1) is 0 Å². The number of likely N-dealkylation sites (N-methyl/N-ethyl adjacent to an activating group) is 1. The lowest BCUT2D eigenvalue weighted by molar-refractivity contribution is -0.139. The van der Waals surface area contributed by atoms with Gasteiger partial charge in [0.2, 0.25) is 11.8 Å². The molecule has 0 bridgehead atoms. The van der Waals surface area contributed by atoms with Crippen LogP contribution in [0.2, 0.25) is 5.02 Å². The van der Waals surface area contributed by atoms with Crippen molar-refractivity contribution in [3.8, 4) is 11.5 Å². The second-order valence-electron chi connectivity index (χ2n) is 10.3. The Bertz CT molecular complexity index is 1730. The van der Waals surface area contributed by atoms with Crippen LogP contribution in [-0.2, 0) is 32.6 Å². The lowest BCUT2D eigenvalue weighted by Gasteiger charge is -2.33. The molecule has 0 saturated carbocycles. The van der Waals surface area contributed by atoms with Gasteiger partial charge < -0.3 is 19.7 Å². The van der Waals surface area contributed by atoms with Crippen molar-refractivity contribution in [2.45, 2.75) is 30.8 Å². The van der Waals surface area contributed by atoms with Crippen molar-refractivity contribution in [2.75, 3.05) is 32.1 Å². The molecular weight excluding hydrogens is 614 g/mol. The maximum absolute atomic E-state index is 14.4. The molecule has 1 N–H and O–H groups in total. The number of nitrogens with one attached hydrogen (secondary N) is 1. The first-order valence-electron chi connectivity index (χ1n) is 14.2. The first kappa shape index (κ1) is 33.4. The van der Waals surface area contributed by atoms with Gasteiger partial charge in [-0.1, -0.05) is 71.8 Å². The van der Waals surface area contributed by atoms with E-state index in [1.54, 1.807) is 48.5 Å². The monoisotopic (exact) mass is 649 g/mol. The smallest absolute Gasteiger partial charge is 0.264 e. The van der Waals surface area contributed by atoms with Crippen LogP contribution in [0.15, 0.2) is 102 Å².